The fourth-order valence-corrected chi connectivity index (χ4v) is 1.81. The maximum Gasteiger partial charge on any atom is 0.317 e. The lowest BCUT2D eigenvalue weighted by atomic mass is 10.1. The number of halogens is 1. The predicted octanol–water partition coefficient (Wildman–Crippen LogP) is -0.123. The average molecular weight is 279 g/mol. The van der Waals surface area contributed by atoms with Gasteiger partial charge in [0, 0.05) is 45.2 Å². The Morgan fingerprint density at radius 1 is 1.22 bits per heavy atom. The molecule has 7 heteroatoms. The number of nitrogens with zero attached hydrogens (tertiary/aromatic N) is 2. The quantitative estimate of drug-likeness (QED) is 0.755. The first-order chi connectivity index (χ1) is 8.10. The highest BCUT2D eigenvalue weighted by Gasteiger charge is 2.25. The number of amides is 3. The van der Waals surface area contributed by atoms with Gasteiger partial charge in [-0.1, -0.05) is 6.92 Å². The minimum atomic E-state index is -0.133. The first kappa shape index (κ1) is 17.0. The maximum atomic E-state index is 11.9. The molecule has 1 fully saturated rings. The molecule has 0 spiro atoms. The van der Waals surface area contributed by atoms with Gasteiger partial charge in [-0.3, -0.25) is 4.79 Å². The van der Waals surface area contributed by atoms with Gasteiger partial charge >= 0.3 is 6.03 Å². The number of piperazine rings is 1. The standard InChI is InChI=1S/C11H22N4O2.ClH/c1-3-13-11(17)15-6-4-14(5-7-15)10(16)9(2)8-12;/h9H,3-8,12H2,1-2H3,(H,13,17);1H. The van der Waals surface area contributed by atoms with Gasteiger partial charge in [-0.15, -0.1) is 12.4 Å². The van der Waals surface area contributed by atoms with Crippen molar-refractivity contribution in [3.63, 3.8) is 0 Å². The van der Waals surface area contributed by atoms with Crippen molar-refractivity contribution >= 4 is 24.3 Å². The molecule has 0 aliphatic carbocycles. The van der Waals surface area contributed by atoms with Crippen LogP contribution in [0.15, 0.2) is 0 Å². The molecule has 1 rings (SSSR count). The van der Waals surface area contributed by atoms with Crippen LogP contribution in [0.1, 0.15) is 13.8 Å². The van der Waals surface area contributed by atoms with E-state index in [2.05, 4.69) is 5.32 Å². The number of hydrogen-bond acceptors (Lipinski definition) is 3. The van der Waals surface area contributed by atoms with E-state index >= 15 is 0 Å². The Morgan fingerprint density at radius 3 is 2.17 bits per heavy atom. The third-order valence-electron chi connectivity index (χ3n) is 2.98. The molecule has 1 heterocycles. The molecule has 3 N–H and O–H groups in total. The topological polar surface area (TPSA) is 78.7 Å². The second-order valence-corrected chi connectivity index (χ2v) is 4.28. The number of hydrogen-bond donors (Lipinski definition) is 2. The lowest BCUT2D eigenvalue weighted by Gasteiger charge is -2.35. The van der Waals surface area contributed by atoms with Crippen molar-refractivity contribution < 1.29 is 9.59 Å². The van der Waals surface area contributed by atoms with Gasteiger partial charge < -0.3 is 20.9 Å². The number of nitrogens with one attached hydrogen (secondary N) is 1. The number of rotatable bonds is 3. The van der Waals surface area contributed by atoms with Crippen LogP contribution < -0.4 is 11.1 Å². The molecular weight excluding hydrogens is 256 g/mol. The summed E-state index contributed by atoms with van der Waals surface area (Å²) in [4.78, 5) is 26.9. The number of carbonyl (C=O) groups excluding carboxylic acids is 2. The van der Waals surface area contributed by atoms with Gasteiger partial charge in [-0.05, 0) is 6.92 Å². The van der Waals surface area contributed by atoms with Gasteiger partial charge in [0.2, 0.25) is 5.91 Å². The van der Waals surface area contributed by atoms with Gasteiger partial charge in [-0.2, -0.15) is 0 Å². The number of urea groups is 1. The van der Waals surface area contributed by atoms with Crippen molar-refractivity contribution in [3.05, 3.63) is 0 Å². The SMILES string of the molecule is CCNC(=O)N1CCN(C(=O)C(C)CN)CC1.Cl. The normalized spacial score (nSPS) is 16.8. The Kier molecular flexibility index (Phi) is 7.70. The second-order valence-electron chi connectivity index (χ2n) is 4.28. The molecule has 0 bridgehead atoms. The van der Waals surface area contributed by atoms with Crippen molar-refractivity contribution in [2.75, 3.05) is 39.3 Å². The first-order valence-corrected chi connectivity index (χ1v) is 6.11. The van der Waals surface area contributed by atoms with E-state index in [9.17, 15) is 9.59 Å². The van der Waals surface area contributed by atoms with E-state index in [4.69, 9.17) is 5.73 Å². The van der Waals surface area contributed by atoms with Crippen LogP contribution >= 0.6 is 12.4 Å². The summed E-state index contributed by atoms with van der Waals surface area (Å²) in [6.07, 6.45) is 0. The van der Waals surface area contributed by atoms with Gasteiger partial charge in [-0.25, -0.2) is 4.79 Å². The minimum absolute atomic E-state index is 0. The summed E-state index contributed by atoms with van der Waals surface area (Å²) in [6.45, 7) is 7.10. The average Bonchev–Trinajstić information content (AvgIpc) is 2.37. The van der Waals surface area contributed by atoms with Crippen LogP contribution in [0.5, 0.6) is 0 Å². The molecule has 1 aliphatic rings. The van der Waals surface area contributed by atoms with Gasteiger partial charge in [0.1, 0.15) is 0 Å². The van der Waals surface area contributed by atoms with Crippen LogP contribution in [-0.2, 0) is 4.79 Å². The van der Waals surface area contributed by atoms with Crippen LogP contribution in [0.3, 0.4) is 0 Å². The monoisotopic (exact) mass is 278 g/mol. The van der Waals surface area contributed by atoms with E-state index in [1.54, 1.807) is 9.80 Å². The van der Waals surface area contributed by atoms with Crippen LogP contribution in [-0.4, -0.2) is 61.0 Å². The Morgan fingerprint density at radius 2 is 1.72 bits per heavy atom. The smallest absolute Gasteiger partial charge is 0.317 e. The van der Waals surface area contributed by atoms with E-state index in [1.165, 1.54) is 0 Å². The Labute approximate surface area is 114 Å². The molecule has 3 amide bonds. The molecule has 18 heavy (non-hydrogen) atoms. The molecule has 106 valence electrons. The summed E-state index contributed by atoms with van der Waals surface area (Å²) in [5.74, 6) is -0.0472. The zero-order valence-electron chi connectivity index (χ0n) is 11.0. The van der Waals surface area contributed by atoms with Crippen LogP contribution in [0.4, 0.5) is 4.79 Å². The summed E-state index contributed by atoms with van der Waals surface area (Å²) in [5.41, 5.74) is 5.47. The number of carbonyl (C=O) groups is 2. The fourth-order valence-electron chi connectivity index (χ4n) is 1.81. The number of nitrogens with two attached hydrogens (primary N) is 1. The van der Waals surface area contributed by atoms with Crippen molar-refractivity contribution in [3.8, 4) is 0 Å². The van der Waals surface area contributed by atoms with E-state index in [0.29, 0.717) is 39.3 Å². The van der Waals surface area contributed by atoms with Crippen LogP contribution in [0, 0.1) is 5.92 Å². The Bertz CT molecular complexity index is 280. The molecule has 1 saturated heterocycles. The lowest BCUT2D eigenvalue weighted by Crippen LogP contribution is -2.54. The largest absolute Gasteiger partial charge is 0.339 e. The summed E-state index contributed by atoms with van der Waals surface area (Å²) in [5, 5.41) is 2.76. The summed E-state index contributed by atoms with van der Waals surface area (Å²) >= 11 is 0. The molecule has 1 atom stereocenters. The molecule has 6 nitrogen and oxygen atoms in total. The minimum Gasteiger partial charge on any atom is -0.339 e. The van der Waals surface area contributed by atoms with Crippen LogP contribution in [0.25, 0.3) is 0 Å². The van der Waals surface area contributed by atoms with Gasteiger partial charge in [0.25, 0.3) is 0 Å². The summed E-state index contributed by atoms with van der Waals surface area (Å²) in [6, 6.07) is -0.0496. The molecule has 0 aromatic rings. The zero-order valence-corrected chi connectivity index (χ0v) is 11.8. The van der Waals surface area contributed by atoms with E-state index in [0.717, 1.165) is 0 Å². The van der Waals surface area contributed by atoms with Crippen molar-refractivity contribution in [2.45, 2.75) is 13.8 Å². The maximum absolute atomic E-state index is 11.9. The predicted molar refractivity (Wildman–Crippen MR) is 72.7 cm³/mol. The highest BCUT2D eigenvalue weighted by atomic mass is 35.5. The zero-order chi connectivity index (χ0) is 12.8. The van der Waals surface area contributed by atoms with E-state index < -0.39 is 0 Å². The molecular formula is C11H23ClN4O2. The van der Waals surface area contributed by atoms with Gasteiger partial charge in [0.15, 0.2) is 0 Å². The van der Waals surface area contributed by atoms with Crippen molar-refractivity contribution in [1.29, 1.82) is 0 Å². The molecule has 1 aliphatic heterocycles. The summed E-state index contributed by atoms with van der Waals surface area (Å²) in [7, 11) is 0. The molecule has 0 aromatic carbocycles. The molecule has 1 unspecified atom stereocenters. The summed E-state index contributed by atoms with van der Waals surface area (Å²) < 4.78 is 0. The van der Waals surface area contributed by atoms with Crippen molar-refractivity contribution in [1.82, 2.24) is 15.1 Å². The van der Waals surface area contributed by atoms with Crippen molar-refractivity contribution in [2.24, 2.45) is 11.7 Å². The van der Waals surface area contributed by atoms with E-state index in [1.807, 2.05) is 13.8 Å². The Hall–Kier alpha value is -1.01. The fraction of sp³-hybridized carbons (Fsp3) is 0.818. The molecule has 0 saturated carbocycles. The Balaban J connectivity index is 0.00000289. The second kappa shape index (κ2) is 8.16. The first-order valence-electron chi connectivity index (χ1n) is 6.11. The highest BCUT2D eigenvalue weighted by molar-refractivity contribution is 5.85. The third kappa shape index (κ3) is 4.34. The molecule has 0 aromatic heterocycles. The van der Waals surface area contributed by atoms with Gasteiger partial charge in [0.05, 0.1) is 0 Å². The molecule has 0 radical (unpaired) electrons. The lowest BCUT2D eigenvalue weighted by molar-refractivity contribution is -0.136. The third-order valence-corrected chi connectivity index (χ3v) is 2.98. The van der Waals surface area contributed by atoms with Crippen LogP contribution in [0.2, 0.25) is 0 Å². The highest BCUT2D eigenvalue weighted by Crippen LogP contribution is 2.06. The van der Waals surface area contributed by atoms with E-state index in [-0.39, 0.29) is 30.3 Å².